The van der Waals surface area contributed by atoms with Gasteiger partial charge in [-0.15, -0.1) is 0 Å². The van der Waals surface area contributed by atoms with Crippen LogP contribution in [-0.4, -0.2) is 34.2 Å². The van der Waals surface area contributed by atoms with Gasteiger partial charge in [-0.1, -0.05) is 6.07 Å². The lowest BCUT2D eigenvalue weighted by Gasteiger charge is -2.22. The molecule has 2 heterocycles. The molecule has 0 unspecified atom stereocenters. The molecule has 1 fully saturated rings. The van der Waals surface area contributed by atoms with Crippen LogP contribution in [0.25, 0.3) is 10.9 Å². The lowest BCUT2D eigenvalue weighted by Crippen LogP contribution is -2.32. The standard InChI is InChI=1S/C15H17FN2O2/c16-13-5-1-4-12-14(20)7-10(17-15(12)13)8-18-6-2-3-11(18)9-19/h1,4-5,7,11,19H,2-3,6,8-9H2,(H,17,20)/t11-/m0/s1. The molecule has 0 radical (unpaired) electrons. The molecule has 0 bridgehead atoms. The van der Waals surface area contributed by atoms with Crippen LogP contribution in [0.4, 0.5) is 4.39 Å². The molecule has 1 aliphatic heterocycles. The number of rotatable bonds is 3. The first-order valence-corrected chi connectivity index (χ1v) is 6.84. The molecule has 0 spiro atoms. The van der Waals surface area contributed by atoms with E-state index in [-0.39, 0.29) is 23.6 Å². The Labute approximate surface area is 115 Å². The summed E-state index contributed by atoms with van der Waals surface area (Å²) in [6.07, 6.45) is 2.00. The normalized spacial score (nSPS) is 19.8. The third-order valence-corrected chi connectivity index (χ3v) is 3.95. The van der Waals surface area contributed by atoms with Crippen LogP contribution < -0.4 is 5.43 Å². The quantitative estimate of drug-likeness (QED) is 0.895. The second-order valence-electron chi connectivity index (χ2n) is 5.27. The number of H-pyrrole nitrogens is 1. The van der Waals surface area contributed by atoms with Gasteiger partial charge in [-0.25, -0.2) is 4.39 Å². The number of nitrogens with one attached hydrogen (secondary N) is 1. The van der Waals surface area contributed by atoms with Crippen LogP contribution in [-0.2, 0) is 6.54 Å². The van der Waals surface area contributed by atoms with Gasteiger partial charge in [0.15, 0.2) is 5.43 Å². The maximum Gasteiger partial charge on any atom is 0.189 e. The monoisotopic (exact) mass is 276 g/mol. The summed E-state index contributed by atoms with van der Waals surface area (Å²) < 4.78 is 13.8. The highest BCUT2D eigenvalue weighted by Crippen LogP contribution is 2.20. The van der Waals surface area contributed by atoms with E-state index in [1.54, 1.807) is 6.07 Å². The van der Waals surface area contributed by atoms with E-state index in [4.69, 9.17) is 0 Å². The number of para-hydroxylation sites is 1. The minimum Gasteiger partial charge on any atom is -0.395 e. The highest BCUT2D eigenvalue weighted by molar-refractivity contribution is 5.78. The van der Waals surface area contributed by atoms with Crippen LogP contribution in [0.1, 0.15) is 18.5 Å². The molecule has 0 aliphatic carbocycles. The average Bonchev–Trinajstić information content (AvgIpc) is 2.87. The van der Waals surface area contributed by atoms with E-state index in [0.29, 0.717) is 17.6 Å². The molecule has 1 aromatic carbocycles. The van der Waals surface area contributed by atoms with Gasteiger partial charge < -0.3 is 10.1 Å². The zero-order valence-electron chi connectivity index (χ0n) is 11.1. The Morgan fingerprint density at radius 3 is 3.10 bits per heavy atom. The van der Waals surface area contributed by atoms with Crippen LogP contribution in [0.2, 0.25) is 0 Å². The van der Waals surface area contributed by atoms with Gasteiger partial charge in [0.25, 0.3) is 0 Å². The second-order valence-corrected chi connectivity index (χ2v) is 5.27. The van der Waals surface area contributed by atoms with Crippen molar-refractivity contribution in [3.05, 3.63) is 46.0 Å². The summed E-state index contributed by atoms with van der Waals surface area (Å²) in [6.45, 7) is 1.54. The van der Waals surface area contributed by atoms with Crippen molar-refractivity contribution in [2.24, 2.45) is 0 Å². The molecule has 2 N–H and O–H groups in total. The zero-order chi connectivity index (χ0) is 14.1. The molecule has 4 nitrogen and oxygen atoms in total. The molecule has 0 saturated carbocycles. The third kappa shape index (κ3) is 2.34. The molecule has 1 aromatic heterocycles. The molecule has 0 amide bonds. The van der Waals surface area contributed by atoms with Crippen molar-refractivity contribution in [1.82, 2.24) is 9.88 Å². The predicted octanol–water partition coefficient (Wildman–Crippen LogP) is 1.62. The Hall–Kier alpha value is -1.72. The zero-order valence-corrected chi connectivity index (χ0v) is 11.1. The summed E-state index contributed by atoms with van der Waals surface area (Å²) in [5.41, 5.74) is 0.774. The Kier molecular flexibility index (Phi) is 3.54. The van der Waals surface area contributed by atoms with E-state index < -0.39 is 5.82 Å². The smallest absolute Gasteiger partial charge is 0.189 e. The van der Waals surface area contributed by atoms with Crippen molar-refractivity contribution in [2.45, 2.75) is 25.4 Å². The third-order valence-electron chi connectivity index (χ3n) is 3.95. The highest BCUT2D eigenvalue weighted by Gasteiger charge is 2.24. The molecule has 2 aromatic rings. The van der Waals surface area contributed by atoms with Crippen LogP contribution >= 0.6 is 0 Å². The number of fused-ring (bicyclic) bond motifs is 1. The summed E-state index contributed by atoms with van der Waals surface area (Å²) >= 11 is 0. The molecule has 1 saturated heterocycles. The first kappa shape index (κ1) is 13.3. The SMILES string of the molecule is O=c1cc(CN2CCC[C@H]2CO)[nH]c2c(F)cccc12. The lowest BCUT2D eigenvalue weighted by molar-refractivity contribution is 0.152. The maximum absolute atomic E-state index is 13.8. The first-order valence-electron chi connectivity index (χ1n) is 6.84. The minimum atomic E-state index is -0.415. The summed E-state index contributed by atoms with van der Waals surface area (Å²) in [5, 5.41) is 9.68. The van der Waals surface area contributed by atoms with Crippen LogP contribution in [0, 0.1) is 5.82 Å². The number of aliphatic hydroxyl groups is 1. The summed E-state index contributed by atoms with van der Waals surface area (Å²) in [6, 6.07) is 6.15. The van der Waals surface area contributed by atoms with E-state index in [1.165, 1.54) is 18.2 Å². The number of halogens is 1. The van der Waals surface area contributed by atoms with E-state index in [0.717, 1.165) is 19.4 Å². The Morgan fingerprint density at radius 2 is 2.30 bits per heavy atom. The molecule has 3 rings (SSSR count). The van der Waals surface area contributed by atoms with Gasteiger partial charge in [0.2, 0.25) is 0 Å². The molecule has 1 atom stereocenters. The van der Waals surface area contributed by atoms with Gasteiger partial charge in [0.1, 0.15) is 5.82 Å². The van der Waals surface area contributed by atoms with Crippen molar-refractivity contribution in [2.75, 3.05) is 13.2 Å². The van der Waals surface area contributed by atoms with Gasteiger partial charge in [-0.2, -0.15) is 0 Å². The van der Waals surface area contributed by atoms with Gasteiger partial charge >= 0.3 is 0 Å². The molecule has 5 heteroatoms. The van der Waals surface area contributed by atoms with Gasteiger partial charge in [0, 0.05) is 29.7 Å². The van der Waals surface area contributed by atoms with Crippen molar-refractivity contribution in [1.29, 1.82) is 0 Å². The fraction of sp³-hybridized carbons (Fsp3) is 0.400. The van der Waals surface area contributed by atoms with Gasteiger partial charge in [-0.3, -0.25) is 9.69 Å². The number of hydrogen-bond donors (Lipinski definition) is 2. The van der Waals surface area contributed by atoms with E-state index >= 15 is 0 Å². The molecular weight excluding hydrogens is 259 g/mol. The first-order chi connectivity index (χ1) is 9.69. The van der Waals surface area contributed by atoms with Crippen molar-refractivity contribution in [3.8, 4) is 0 Å². The molecule has 106 valence electrons. The number of hydrogen-bond acceptors (Lipinski definition) is 3. The van der Waals surface area contributed by atoms with Gasteiger partial charge in [-0.05, 0) is 31.5 Å². The fourth-order valence-electron chi connectivity index (χ4n) is 2.90. The Bertz CT molecular complexity index is 683. The number of aromatic amines is 1. The summed E-state index contributed by atoms with van der Waals surface area (Å²) in [4.78, 5) is 17.2. The van der Waals surface area contributed by atoms with Crippen LogP contribution in [0.15, 0.2) is 29.1 Å². The minimum absolute atomic E-state index is 0.117. The lowest BCUT2D eigenvalue weighted by atomic mass is 10.1. The number of likely N-dealkylation sites (tertiary alicyclic amines) is 1. The average molecular weight is 276 g/mol. The van der Waals surface area contributed by atoms with Crippen molar-refractivity contribution in [3.63, 3.8) is 0 Å². The second kappa shape index (κ2) is 5.34. The number of aromatic nitrogens is 1. The number of aliphatic hydroxyl groups excluding tert-OH is 1. The van der Waals surface area contributed by atoms with E-state index in [1.807, 2.05) is 0 Å². The van der Waals surface area contributed by atoms with Crippen molar-refractivity contribution < 1.29 is 9.50 Å². The highest BCUT2D eigenvalue weighted by atomic mass is 19.1. The number of benzene rings is 1. The molecular formula is C15H17FN2O2. The number of pyridine rings is 1. The maximum atomic E-state index is 13.8. The number of nitrogens with zero attached hydrogens (tertiary/aromatic N) is 1. The molecule has 20 heavy (non-hydrogen) atoms. The Morgan fingerprint density at radius 1 is 1.45 bits per heavy atom. The van der Waals surface area contributed by atoms with E-state index in [9.17, 15) is 14.3 Å². The topological polar surface area (TPSA) is 56.3 Å². The summed E-state index contributed by atoms with van der Waals surface area (Å²) in [7, 11) is 0. The molecule has 1 aliphatic rings. The van der Waals surface area contributed by atoms with Gasteiger partial charge in [0.05, 0.1) is 12.1 Å². The fourth-order valence-corrected chi connectivity index (χ4v) is 2.90. The van der Waals surface area contributed by atoms with Crippen LogP contribution in [0.5, 0.6) is 0 Å². The Balaban J connectivity index is 1.96. The predicted molar refractivity (Wildman–Crippen MR) is 75.0 cm³/mol. The van der Waals surface area contributed by atoms with Crippen LogP contribution in [0.3, 0.4) is 0 Å². The van der Waals surface area contributed by atoms with Crippen molar-refractivity contribution >= 4 is 10.9 Å². The largest absolute Gasteiger partial charge is 0.395 e. The van der Waals surface area contributed by atoms with E-state index in [2.05, 4.69) is 9.88 Å². The summed E-state index contributed by atoms with van der Waals surface area (Å²) in [5.74, 6) is -0.415.